The smallest absolute Gasteiger partial charge is 0.0540 e. The van der Waals surface area contributed by atoms with E-state index in [0.29, 0.717) is 6.42 Å². The highest BCUT2D eigenvalue weighted by Crippen LogP contribution is 2.23. The molecule has 0 radical (unpaired) electrons. The highest BCUT2D eigenvalue weighted by molar-refractivity contribution is 5.86. The minimum atomic E-state index is 0.122. The lowest BCUT2D eigenvalue weighted by Gasteiger charge is -2.15. The second-order valence-electron chi connectivity index (χ2n) is 4.90. The molecule has 0 fully saturated rings. The summed E-state index contributed by atoms with van der Waals surface area (Å²) in [6.07, 6.45) is 4.37. The molecule has 0 aliphatic rings. The van der Waals surface area contributed by atoms with Gasteiger partial charge in [0.05, 0.1) is 6.61 Å². The molecule has 0 unspecified atom stereocenters. The summed E-state index contributed by atoms with van der Waals surface area (Å²) in [5.74, 6) is 5.76. The maximum Gasteiger partial charge on any atom is 0.0540 e. The summed E-state index contributed by atoms with van der Waals surface area (Å²) in [6.45, 7) is 3.07. The predicted molar refractivity (Wildman–Crippen MR) is 89.0 cm³/mol. The quantitative estimate of drug-likeness (QED) is 0.822. The lowest BCUT2D eigenvalue weighted by Crippen LogP contribution is -2.18. The van der Waals surface area contributed by atoms with Crippen LogP contribution in [0.5, 0.6) is 0 Å². The van der Waals surface area contributed by atoms with Gasteiger partial charge in [-0.05, 0) is 29.3 Å². The van der Waals surface area contributed by atoms with Crippen LogP contribution in [0.1, 0.15) is 24.9 Å². The Labute approximate surface area is 126 Å². The van der Waals surface area contributed by atoms with E-state index >= 15 is 0 Å². The molecule has 0 saturated heterocycles. The van der Waals surface area contributed by atoms with Gasteiger partial charge in [-0.3, -0.25) is 0 Å². The molecule has 2 heteroatoms. The Bertz CT molecular complexity index is 659. The van der Waals surface area contributed by atoms with Crippen LogP contribution in [0.4, 0.5) is 0 Å². The van der Waals surface area contributed by atoms with Crippen LogP contribution >= 0.6 is 0 Å². The highest BCUT2D eigenvalue weighted by Gasteiger charge is 2.07. The fraction of sp³-hybridized carbons (Fsp3) is 0.263. The van der Waals surface area contributed by atoms with Gasteiger partial charge in [-0.25, -0.2) is 0 Å². The van der Waals surface area contributed by atoms with Crippen LogP contribution in [-0.2, 0) is 0 Å². The molecule has 2 aromatic rings. The lowest BCUT2D eigenvalue weighted by molar-refractivity contribution is 0.305. The van der Waals surface area contributed by atoms with Gasteiger partial charge >= 0.3 is 0 Å². The van der Waals surface area contributed by atoms with Crippen molar-refractivity contribution < 1.29 is 5.11 Å². The molecule has 0 saturated carbocycles. The molecule has 0 aliphatic heterocycles. The topological polar surface area (TPSA) is 32.3 Å². The van der Waals surface area contributed by atoms with Crippen molar-refractivity contribution in [1.82, 2.24) is 5.32 Å². The Kier molecular flexibility index (Phi) is 6.02. The first-order valence-electron chi connectivity index (χ1n) is 7.28. The first kappa shape index (κ1) is 15.3. The first-order valence-corrected chi connectivity index (χ1v) is 7.28. The van der Waals surface area contributed by atoms with Gasteiger partial charge in [0.15, 0.2) is 0 Å². The van der Waals surface area contributed by atoms with E-state index in [1.165, 1.54) is 16.3 Å². The average molecular weight is 279 g/mol. The number of fused-ring (bicyclic) bond motifs is 1. The molecule has 2 N–H and O–H groups in total. The third-order valence-electron chi connectivity index (χ3n) is 3.37. The van der Waals surface area contributed by atoms with Crippen molar-refractivity contribution in [3.05, 3.63) is 60.2 Å². The van der Waals surface area contributed by atoms with Gasteiger partial charge in [0.25, 0.3) is 0 Å². The molecule has 0 amide bonds. The van der Waals surface area contributed by atoms with Gasteiger partial charge in [-0.1, -0.05) is 60.4 Å². The molecular formula is C19H21NO. The Balaban J connectivity index is 1.97. The second-order valence-corrected chi connectivity index (χ2v) is 4.90. The van der Waals surface area contributed by atoms with Gasteiger partial charge < -0.3 is 10.4 Å². The third-order valence-corrected chi connectivity index (χ3v) is 3.37. The van der Waals surface area contributed by atoms with Crippen molar-refractivity contribution in [3.63, 3.8) is 0 Å². The Hall–Kier alpha value is -2.08. The van der Waals surface area contributed by atoms with Crippen LogP contribution < -0.4 is 5.32 Å². The second kappa shape index (κ2) is 8.26. The summed E-state index contributed by atoms with van der Waals surface area (Å²) in [6, 6.07) is 15.2. The van der Waals surface area contributed by atoms with Crippen LogP contribution in [0.25, 0.3) is 10.8 Å². The van der Waals surface area contributed by atoms with Gasteiger partial charge in [-0.15, -0.1) is 0 Å². The summed E-state index contributed by atoms with van der Waals surface area (Å²) in [4.78, 5) is 0. The number of hydrogen-bond donors (Lipinski definition) is 2. The number of benzene rings is 2. The molecule has 2 aromatic carbocycles. The van der Waals surface area contributed by atoms with Crippen molar-refractivity contribution >= 4 is 10.8 Å². The average Bonchev–Trinajstić information content (AvgIpc) is 2.53. The fourth-order valence-electron chi connectivity index (χ4n) is 2.29. The summed E-state index contributed by atoms with van der Waals surface area (Å²) in [7, 11) is 0. The summed E-state index contributed by atoms with van der Waals surface area (Å²) >= 11 is 0. The van der Waals surface area contributed by atoms with E-state index in [2.05, 4.69) is 66.5 Å². The van der Waals surface area contributed by atoms with Crippen LogP contribution in [-0.4, -0.2) is 18.3 Å². The lowest BCUT2D eigenvalue weighted by atomic mass is 10.00. The highest BCUT2D eigenvalue weighted by atomic mass is 16.2. The molecule has 108 valence electrons. The standard InChI is InChI=1S/C19H21NO/c1-16(20-14-7-3-2-4-8-15-21)18-13-9-11-17-10-5-6-12-19(17)18/h3,5-7,9-13,16,20-21H,8,14-15H2,1H3/b7-3+/t16-/m1/s1. The summed E-state index contributed by atoms with van der Waals surface area (Å²) in [5.41, 5.74) is 1.31. The van der Waals surface area contributed by atoms with Crippen molar-refractivity contribution in [2.24, 2.45) is 0 Å². The Morgan fingerprint density at radius 2 is 2.00 bits per heavy atom. The zero-order chi connectivity index (χ0) is 14.9. The largest absolute Gasteiger partial charge is 0.395 e. The van der Waals surface area contributed by atoms with Crippen molar-refractivity contribution in [1.29, 1.82) is 0 Å². The van der Waals surface area contributed by atoms with E-state index in [1.807, 2.05) is 12.2 Å². The summed E-state index contributed by atoms with van der Waals surface area (Å²) in [5, 5.41) is 14.7. The molecule has 0 bridgehead atoms. The Morgan fingerprint density at radius 3 is 2.86 bits per heavy atom. The molecule has 21 heavy (non-hydrogen) atoms. The monoisotopic (exact) mass is 279 g/mol. The first-order chi connectivity index (χ1) is 10.3. The number of hydrogen-bond acceptors (Lipinski definition) is 2. The van der Waals surface area contributed by atoms with Gasteiger partial charge in [-0.2, -0.15) is 0 Å². The number of aliphatic hydroxyl groups is 1. The minimum Gasteiger partial charge on any atom is -0.395 e. The Morgan fingerprint density at radius 1 is 1.19 bits per heavy atom. The van der Waals surface area contributed by atoms with E-state index in [0.717, 1.165) is 6.54 Å². The van der Waals surface area contributed by atoms with Gasteiger partial charge in [0, 0.05) is 19.0 Å². The van der Waals surface area contributed by atoms with Gasteiger partial charge in [0.1, 0.15) is 0 Å². The minimum absolute atomic E-state index is 0.122. The predicted octanol–water partition coefficient (Wildman–Crippen LogP) is 3.43. The van der Waals surface area contributed by atoms with Crippen LogP contribution in [0.3, 0.4) is 0 Å². The molecule has 2 rings (SSSR count). The molecule has 1 atom stereocenters. The van der Waals surface area contributed by atoms with Crippen molar-refractivity contribution in [3.8, 4) is 11.8 Å². The number of allylic oxidation sites excluding steroid dienone is 1. The molecule has 0 aromatic heterocycles. The molecule has 0 aliphatic carbocycles. The van der Waals surface area contributed by atoms with E-state index in [9.17, 15) is 0 Å². The van der Waals surface area contributed by atoms with E-state index in [1.54, 1.807) is 0 Å². The van der Waals surface area contributed by atoms with E-state index in [4.69, 9.17) is 5.11 Å². The zero-order valence-corrected chi connectivity index (χ0v) is 12.3. The number of rotatable bonds is 5. The van der Waals surface area contributed by atoms with E-state index in [-0.39, 0.29) is 12.6 Å². The normalized spacial score (nSPS) is 12.3. The molecule has 2 nitrogen and oxygen atoms in total. The molecule has 0 heterocycles. The number of aliphatic hydroxyl groups excluding tert-OH is 1. The fourth-order valence-corrected chi connectivity index (χ4v) is 2.29. The van der Waals surface area contributed by atoms with Crippen LogP contribution in [0.15, 0.2) is 54.6 Å². The summed E-state index contributed by atoms with van der Waals surface area (Å²) < 4.78 is 0. The van der Waals surface area contributed by atoms with Crippen molar-refractivity contribution in [2.45, 2.75) is 19.4 Å². The molecule has 0 spiro atoms. The number of nitrogens with one attached hydrogen (secondary N) is 1. The maximum absolute atomic E-state index is 8.62. The van der Waals surface area contributed by atoms with E-state index < -0.39 is 0 Å². The van der Waals surface area contributed by atoms with Gasteiger partial charge in [0.2, 0.25) is 0 Å². The third kappa shape index (κ3) is 4.46. The van der Waals surface area contributed by atoms with Crippen LogP contribution in [0, 0.1) is 11.8 Å². The zero-order valence-electron chi connectivity index (χ0n) is 12.3. The van der Waals surface area contributed by atoms with Crippen LogP contribution in [0.2, 0.25) is 0 Å². The maximum atomic E-state index is 8.62. The van der Waals surface area contributed by atoms with Crippen molar-refractivity contribution in [2.75, 3.05) is 13.2 Å². The SMILES string of the molecule is C[C@@H](NC/C=C/C#CCCO)c1cccc2ccccc12. The molecular weight excluding hydrogens is 258 g/mol.